The Bertz CT molecular complexity index is 2320. The molecule has 2 aromatic rings. The molecule has 1 N–H and O–H groups in total. The molecule has 3 heterocycles. The molecule has 24 nitrogen and oxygen atoms in total. The fourth-order valence-electron chi connectivity index (χ4n) is 8.78. The number of hydrogen-bond donors (Lipinski definition) is 1. The van der Waals surface area contributed by atoms with Gasteiger partial charge in [0.05, 0.1) is 19.8 Å². The summed E-state index contributed by atoms with van der Waals surface area (Å²) in [5.41, 5.74) is 1.40. The Hall–Kier alpha value is -5.90. The average molecular weight is 1120 g/mol. The standard InChI is InChI=1S/C53H73NO23Si/c1-29(55)54-42-46(67-25-38-20-16-13-17-21-38)43(76-53-50(72-36(8)62)47(70-34(6)60)44(68-32(4)58)41(75-53)28-66-31(3)57)39(26-63-24-37-18-14-12-15-19-37)73-51(42)77-48-45(69-33(5)59)40(27-65-30(2)56)74-52(49(48)71-35(7)61)64-22-23-78(9,10)11/h12-21,39-53H,22-28H2,1-11H3,(H,54,55)/t39-,40-,41-,42-,43-,44+,45+,46-,47+,48+,49-,50-,51+,52-,53+/m1/s1. The number of rotatable bonds is 25. The van der Waals surface area contributed by atoms with Crippen molar-refractivity contribution in [2.75, 3.05) is 26.4 Å². The second-order valence-electron chi connectivity index (χ2n) is 20.0. The Labute approximate surface area is 453 Å². The zero-order valence-corrected chi connectivity index (χ0v) is 46.8. The largest absolute Gasteiger partial charge is 0.463 e. The molecular formula is C53H73NO23Si. The Balaban J connectivity index is 1.72. The number of benzene rings is 2. The molecular weight excluding hydrogens is 1050 g/mol. The Morgan fingerprint density at radius 3 is 1.36 bits per heavy atom. The smallest absolute Gasteiger partial charge is 0.303 e. The molecule has 15 atom stereocenters. The molecule has 432 valence electrons. The summed E-state index contributed by atoms with van der Waals surface area (Å²) in [4.78, 5) is 103. The molecule has 0 saturated carbocycles. The van der Waals surface area contributed by atoms with Crippen molar-refractivity contribution in [2.45, 2.75) is 186 Å². The van der Waals surface area contributed by atoms with Gasteiger partial charge in [0.15, 0.2) is 49.4 Å². The van der Waals surface area contributed by atoms with E-state index < -0.39 is 161 Å². The fourth-order valence-corrected chi connectivity index (χ4v) is 9.51. The van der Waals surface area contributed by atoms with Crippen LogP contribution in [-0.4, -0.2) is 174 Å². The summed E-state index contributed by atoms with van der Waals surface area (Å²) in [6.45, 7) is 13.9. The highest BCUT2D eigenvalue weighted by atomic mass is 28.3. The van der Waals surface area contributed by atoms with E-state index in [9.17, 15) is 38.4 Å². The molecule has 3 fully saturated rings. The second kappa shape index (κ2) is 29.9. The Morgan fingerprint density at radius 2 is 0.872 bits per heavy atom. The van der Waals surface area contributed by atoms with E-state index in [-0.39, 0.29) is 26.4 Å². The van der Waals surface area contributed by atoms with Crippen LogP contribution in [0.1, 0.15) is 66.5 Å². The van der Waals surface area contributed by atoms with Crippen molar-refractivity contribution in [1.29, 1.82) is 0 Å². The lowest BCUT2D eigenvalue weighted by atomic mass is 9.93. The van der Waals surface area contributed by atoms with Crippen LogP contribution in [0.3, 0.4) is 0 Å². The molecule has 0 spiro atoms. The Morgan fingerprint density at radius 1 is 0.449 bits per heavy atom. The first-order valence-corrected chi connectivity index (χ1v) is 29.2. The zero-order chi connectivity index (χ0) is 57.3. The molecule has 3 aliphatic heterocycles. The summed E-state index contributed by atoms with van der Waals surface area (Å²) >= 11 is 0. The van der Waals surface area contributed by atoms with Crippen LogP contribution in [0.5, 0.6) is 0 Å². The van der Waals surface area contributed by atoms with Crippen LogP contribution in [0.25, 0.3) is 0 Å². The molecule has 0 unspecified atom stereocenters. The Kier molecular flexibility index (Phi) is 24.1. The van der Waals surface area contributed by atoms with Crippen LogP contribution in [0.15, 0.2) is 60.7 Å². The van der Waals surface area contributed by atoms with Crippen molar-refractivity contribution >= 4 is 55.8 Å². The van der Waals surface area contributed by atoms with Crippen LogP contribution in [0, 0.1) is 0 Å². The van der Waals surface area contributed by atoms with Gasteiger partial charge in [-0.2, -0.15) is 0 Å². The minimum absolute atomic E-state index is 0.0138. The first kappa shape index (κ1) is 62.9. The lowest BCUT2D eigenvalue weighted by Gasteiger charge is -2.51. The highest BCUT2D eigenvalue weighted by Crippen LogP contribution is 2.38. The van der Waals surface area contributed by atoms with Gasteiger partial charge in [-0.05, 0) is 17.2 Å². The predicted octanol–water partition coefficient (Wildman–Crippen LogP) is 3.38. The maximum atomic E-state index is 13.6. The normalized spacial score (nSPS) is 28.9. The molecule has 0 aliphatic carbocycles. The summed E-state index contributed by atoms with van der Waals surface area (Å²) in [6.07, 6.45) is -21.5. The number of nitrogens with one attached hydrogen (secondary N) is 1. The average Bonchev–Trinajstić information content (AvgIpc) is 3.41. The number of carbonyl (C=O) groups excluding carboxylic acids is 8. The van der Waals surface area contributed by atoms with Crippen molar-refractivity contribution in [3.8, 4) is 0 Å². The van der Waals surface area contributed by atoms with Gasteiger partial charge in [0.25, 0.3) is 0 Å². The number of esters is 7. The first-order valence-electron chi connectivity index (χ1n) is 25.4. The van der Waals surface area contributed by atoms with Crippen LogP contribution in [-0.2, 0) is 123 Å². The molecule has 25 heteroatoms. The van der Waals surface area contributed by atoms with E-state index in [0.717, 1.165) is 47.1 Å². The maximum Gasteiger partial charge on any atom is 0.303 e. The van der Waals surface area contributed by atoms with Crippen molar-refractivity contribution in [1.82, 2.24) is 5.32 Å². The molecule has 78 heavy (non-hydrogen) atoms. The third-order valence-electron chi connectivity index (χ3n) is 12.0. The lowest BCUT2D eigenvalue weighted by Crippen LogP contribution is -2.70. The zero-order valence-electron chi connectivity index (χ0n) is 45.8. The van der Waals surface area contributed by atoms with Crippen LogP contribution in [0.2, 0.25) is 25.7 Å². The molecule has 3 saturated heterocycles. The van der Waals surface area contributed by atoms with Gasteiger partial charge < -0.3 is 76.4 Å². The van der Waals surface area contributed by atoms with E-state index in [2.05, 4.69) is 25.0 Å². The van der Waals surface area contributed by atoms with E-state index in [0.29, 0.717) is 11.6 Å². The van der Waals surface area contributed by atoms with Gasteiger partial charge >= 0.3 is 41.8 Å². The van der Waals surface area contributed by atoms with Gasteiger partial charge in [0, 0.05) is 70.1 Å². The van der Waals surface area contributed by atoms with Gasteiger partial charge in [-0.3, -0.25) is 38.4 Å². The van der Waals surface area contributed by atoms with Crippen LogP contribution >= 0.6 is 0 Å². The summed E-state index contributed by atoms with van der Waals surface area (Å²) < 4.78 is 92.5. The third-order valence-corrected chi connectivity index (χ3v) is 13.7. The van der Waals surface area contributed by atoms with E-state index in [1.54, 1.807) is 30.3 Å². The second-order valence-corrected chi connectivity index (χ2v) is 25.6. The van der Waals surface area contributed by atoms with Crippen LogP contribution < -0.4 is 5.32 Å². The van der Waals surface area contributed by atoms with Gasteiger partial charge in [-0.1, -0.05) is 80.3 Å². The minimum atomic E-state index is -1.80. The molecule has 0 radical (unpaired) electrons. The molecule has 2 aromatic carbocycles. The van der Waals surface area contributed by atoms with E-state index >= 15 is 0 Å². The van der Waals surface area contributed by atoms with Gasteiger partial charge in [0.2, 0.25) is 5.91 Å². The highest BCUT2D eigenvalue weighted by molar-refractivity contribution is 6.76. The summed E-state index contributed by atoms with van der Waals surface area (Å²) in [7, 11) is -1.76. The minimum Gasteiger partial charge on any atom is -0.463 e. The first-order chi connectivity index (χ1) is 36.9. The van der Waals surface area contributed by atoms with E-state index in [1.165, 1.54) is 13.8 Å². The fraction of sp³-hybridized carbons (Fsp3) is 0.623. The SMILES string of the molecule is CC(=O)N[C@H]1[C@H](O[C@H]2[C@@H](OC(C)=O)[C@@H](COC(C)=O)O[C@@H](OCC[Si](C)(C)C)[C@@H]2OC(C)=O)O[C@H](COCc2ccccc2)[C@@H](O[C@@H]2O[C@H](COC(C)=O)[C@H](OC(C)=O)[C@H](OC(C)=O)[C@H]2OC(C)=O)[C@@H]1OCc1ccccc1. The van der Waals surface area contributed by atoms with Crippen LogP contribution in [0.4, 0.5) is 0 Å². The maximum absolute atomic E-state index is 13.6. The number of amides is 1. The molecule has 5 rings (SSSR count). The van der Waals surface area contributed by atoms with Gasteiger partial charge in [-0.25, -0.2) is 0 Å². The molecule has 0 aromatic heterocycles. The third kappa shape index (κ3) is 19.8. The van der Waals surface area contributed by atoms with E-state index in [1.807, 2.05) is 30.3 Å². The van der Waals surface area contributed by atoms with Crippen molar-refractivity contribution in [3.63, 3.8) is 0 Å². The van der Waals surface area contributed by atoms with E-state index in [4.69, 9.17) is 71.1 Å². The highest BCUT2D eigenvalue weighted by Gasteiger charge is 2.59. The van der Waals surface area contributed by atoms with Crippen molar-refractivity contribution < 1.29 is 109 Å². The molecule has 0 bridgehead atoms. The molecule has 1 amide bonds. The number of carbonyl (C=O) groups is 8. The lowest BCUT2D eigenvalue weighted by molar-refractivity contribution is -0.371. The quantitative estimate of drug-likeness (QED) is 0.0847. The topological polar surface area (TPSA) is 287 Å². The monoisotopic (exact) mass is 1120 g/mol. The van der Waals surface area contributed by atoms with Crippen molar-refractivity contribution in [3.05, 3.63) is 71.8 Å². The summed E-state index contributed by atoms with van der Waals surface area (Å²) in [6, 6.07) is 17.2. The predicted molar refractivity (Wildman–Crippen MR) is 270 cm³/mol. The van der Waals surface area contributed by atoms with Gasteiger partial charge in [-0.15, -0.1) is 0 Å². The van der Waals surface area contributed by atoms with Gasteiger partial charge in [0.1, 0.15) is 55.9 Å². The molecule has 3 aliphatic rings. The number of ether oxygens (including phenoxy) is 15. The summed E-state index contributed by atoms with van der Waals surface area (Å²) in [5.74, 6) is -6.40. The number of hydrogen-bond acceptors (Lipinski definition) is 23. The summed E-state index contributed by atoms with van der Waals surface area (Å²) in [5, 5.41) is 2.86. The van der Waals surface area contributed by atoms with Crippen molar-refractivity contribution in [2.24, 2.45) is 0 Å².